The van der Waals surface area contributed by atoms with Crippen LogP contribution in [0.3, 0.4) is 0 Å². The molecule has 3 heterocycles. The highest BCUT2D eigenvalue weighted by atomic mass is 16.2. The Labute approximate surface area is 176 Å². The van der Waals surface area contributed by atoms with Gasteiger partial charge in [0.15, 0.2) is 0 Å². The van der Waals surface area contributed by atoms with Gasteiger partial charge in [-0.2, -0.15) is 5.10 Å². The molecule has 2 aromatic rings. The molecule has 0 spiro atoms. The van der Waals surface area contributed by atoms with Gasteiger partial charge in [-0.05, 0) is 52.0 Å². The van der Waals surface area contributed by atoms with E-state index in [1.54, 1.807) is 0 Å². The van der Waals surface area contributed by atoms with E-state index in [0.717, 1.165) is 56.5 Å². The van der Waals surface area contributed by atoms with E-state index in [0.29, 0.717) is 23.7 Å². The Kier molecular flexibility index (Phi) is 4.85. The fourth-order valence-corrected chi connectivity index (χ4v) is 5.09. The van der Waals surface area contributed by atoms with E-state index in [1.165, 1.54) is 0 Å². The third-order valence-electron chi connectivity index (χ3n) is 6.79. The fraction of sp³-hybridized carbons (Fsp3) is 0.522. The van der Waals surface area contributed by atoms with Crippen LogP contribution in [0.5, 0.6) is 0 Å². The van der Waals surface area contributed by atoms with Crippen LogP contribution in [-0.4, -0.2) is 57.6 Å². The van der Waals surface area contributed by atoms with Gasteiger partial charge in [-0.15, -0.1) is 0 Å². The summed E-state index contributed by atoms with van der Waals surface area (Å²) in [6.07, 6.45) is 5.90. The minimum absolute atomic E-state index is 0.0431. The average molecular weight is 408 g/mol. The summed E-state index contributed by atoms with van der Waals surface area (Å²) in [6, 6.07) is 10.1. The molecule has 30 heavy (non-hydrogen) atoms. The van der Waals surface area contributed by atoms with Crippen molar-refractivity contribution in [2.24, 2.45) is 0 Å². The molecule has 158 valence electrons. The summed E-state index contributed by atoms with van der Waals surface area (Å²) in [7, 11) is 0. The molecule has 7 heteroatoms. The number of fused-ring (bicyclic) bond motifs is 1. The minimum atomic E-state index is -0.466. The van der Waals surface area contributed by atoms with E-state index in [9.17, 15) is 9.59 Å². The lowest BCUT2D eigenvalue weighted by atomic mass is 9.84. The molecule has 3 fully saturated rings. The van der Waals surface area contributed by atoms with Crippen LogP contribution in [0.4, 0.5) is 0 Å². The number of amides is 2. The number of hydrogen-bond acceptors (Lipinski definition) is 4. The lowest BCUT2D eigenvalue weighted by molar-refractivity contribution is -0.134. The molecule has 7 nitrogen and oxygen atoms in total. The van der Waals surface area contributed by atoms with E-state index in [-0.39, 0.29) is 17.9 Å². The van der Waals surface area contributed by atoms with Crippen molar-refractivity contribution in [3.63, 3.8) is 0 Å². The van der Waals surface area contributed by atoms with Crippen molar-refractivity contribution in [2.75, 3.05) is 13.1 Å². The van der Waals surface area contributed by atoms with Crippen molar-refractivity contribution in [3.8, 4) is 11.3 Å². The number of aromatic amines is 1. The maximum absolute atomic E-state index is 13.3. The molecule has 2 aliphatic heterocycles. The van der Waals surface area contributed by atoms with Gasteiger partial charge in [-0.1, -0.05) is 30.3 Å². The van der Waals surface area contributed by atoms with E-state index in [1.807, 2.05) is 37.3 Å². The summed E-state index contributed by atoms with van der Waals surface area (Å²) in [5, 5.41) is 13.8. The Morgan fingerprint density at radius 3 is 2.70 bits per heavy atom. The number of nitrogens with one attached hydrogen (secondary N) is 3. The summed E-state index contributed by atoms with van der Waals surface area (Å²) in [5.41, 5.74) is 2.45. The molecule has 3 aliphatic rings. The molecule has 1 aromatic heterocycles. The molecule has 0 radical (unpaired) electrons. The molecule has 3 N–H and O–H groups in total. The topological polar surface area (TPSA) is 90.1 Å². The van der Waals surface area contributed by atoms with E-state index >= 15 is 0 Å². The first kappa shape index (κ1) is 19.3. The lowest BCUT2D eigenvalue weighted by Crippen LogP contribution is -2.57. The second kappa shape index (κ2) is 7.54. The molecule has 2 amide bonds. The molecular weight excluding hydrogens is 378 g/mol. The molecule has 0 unspecified atom stereocenters. The normalized spacial score (nSPS) is 26.2. The van der Waals surface area contributed by atoms with Crippen molar-refractivity contribution < 1.29 is 9.59 Å². The lowest BCUT2D eigenvalue weighted by Gasteiger charge is -2.40. The Morgan fingerprint density at radius 2 is 1.93 bits per heavy atom. The third kappa shape index (κ3) is 3.41. The van der Waals surface area contributed by atoms with E-state index in [4.69, 9.17) is 0 Å². The Hall–Kier alpha value is -2.67. The smallest absolute Gasteiger partial charge is 0.255 e. The fourth-order valence-electron chi connectivity index (χ4n) is 5.09. The van der Waals surface area contributed by atoms with Gasteiger partial charge in [0.25, 0.3) is 5.91 Å². The Morgan fingerprint density at radius 1 is 1.13 bits per heavy atom. The van der Waals surface area contributed by atoms with Crippen LogP contribution in [-0.2, 0) is 4.79 Å². The maximum atomic E-state index is 13.3. The number of aromatic nitrogens is 2. The number of hydrogen-bond donors (Lipinski definition) is 3. The molecule has 2 saturated heterocycles. The zero-order valence-corrected chi connectivity index (χ0v) is 17.4. The number of carbonyl (C=O) groups is 2. The minimum Gasteiger partial charge on any atom is -0.352 e. The molecular formula is C23H29N5O2. The van der Waals surface area contributed by atoms with Crippen LogP contribution in [0.25, 0.3) is 11.3 Å². The molecule has 1 saturated carbocycles. The first-order valence-electron chi connectivity index (χ1n) is 11.0. The largest absolute Gasteiger partial charge is 0.352 e. The molecule has 1 aromatic carbocycles. The number of benzene rings is 1. The quantitative estimate of drug-likeness (QED) is 0.710. The van der Waals surface area contributed by atoms with Crippen LogP contribution >= 0.6 is 0 Å². The summed E-state index contributed by atoms with van der Waals surface area (Å²) in [6.45, 7) is 3.52. The zero-order valence-electron chi connectivity index (χ0n) is 17.4. The van der Waals surface area contributed by atoms with Gasteiger partial charge in [0, 0.05) is 29.9 Å². The molecule has 2 atom stereocenters. The van der Waals surface area contributed by atoms with E-state index in [2.05, 4.69) is 25.7 Å². The highest BCUT2D eigenvalue weighted by Crippen LogP contribution is 2.39. The second-order valence-corrected chi connectivity index (χ2v) is 9.00. The van der Waals surface area contributed by atoms with Gasteiger partial charge in [-0.3, -0.25) is 19.6 Å². The summed E-state index contributed by atoms with van der Waals surface area (Å²) < 4.78 is 0. The highest BCUT2D eigenvalue weighted by Gasteiger charge is 2.53. The number of aryl methyl sites for hydroxylation is 1. The van der Waals surface area contributed by atoms with Gasteiger partial charge in [-0.25, -0.2) is 0 Å². The Bertz CT molecular complexity index is 952. The average Bonchev–Trinajstić information content (AvgIpc) is 3.35. The van der Waals surface area contributed by atoms with Crippen LogP contribution in [0, 0.1) is 6.92 Å². The number of piperidine rings is 1. The zero-order chi connectivity index (χ0) is 20.7. The Balaban J connectivity index is 1.35. The predicted molar refractivity (Wildman–Crippen MR) is 114 cm³/mol. The first-order valence-corrected chi connectivity index (χ1v) is 11.0. The summed E-state index contributed by atoms with van der Waals surface area (Å²) >= 11 is 0. The maximum Gasteiger partial charge on any atom is 0.255 e. The van der Waals surface area contributed by atoms with Crippen LogP contribution in [0.1, 0.15) is 54.6 Å². The van der Waals surface area contributed by atoms with Crippen LogP contribution in [0.2, 0.25) is 0 Å². The first-order chi connectivity index (χ1) is 14.6. The summed E-state index contributed by atoms with van der Waals surface area (Å²) in [5.74, 6) is 0.0358. The van der Waals surface area contributed by atoms with Crippen LogP contribution < -0.4 is 10.6 Å². The van der Waals surface area contributed by atoms with Gasteiger partial charge in [0.05, 0.1) is 5.56 Å². The standard InChI is InChI=1S/C23H29N5O2/c1-15-19(20(27-26-15)16-7-3-2-4-8-16)21(29)24-18-13-23(22(30)25-17-9-10-17)11-5-6-12-28(23)14-18/h2-4,7-8,17-18H,5-6,9-14H2,1H3,(H,24,29)(H,25,30)(H,26,27)/t18-,23-/m0/s1. The van der Waals surface area contributed by atoms with Gasteiger partial charge in [0.1, 0.15) is 11.2 Å². The summed E-state index contributed by atoms with van der Waals surface area (Å²) in [4.78, 5) is 28.7. The number of H-pyrrole nitrogens is 1. The molecule has 1 aliphatic carbocycles. The third-order valence-corrected chi connectivity index (χ3v) is 6.79. The molecule has 5 rings (SSSR count). The van der Waals surface area contributed by atoms with Crippen molar-refractivity contribution >= 4 is 11.8 Å². The SMILES string of the molecule is Cc1[nH]nc(-c2ccccc2)c1C(=O)N[C@@H]1CN2CCCC[C@@]2(C(=O)NC2CC2)C1. The second-order valence-electron chi connectivity index (χ2n) is 9.00. The highest BCUT2D eigenvalue weighted by molar-refractivity contribution is 6.01. The monoisotopic (exact) mass is 407 g/mol. The predicted octanol–water partition coefficient (Wildman–Crippen LogP) is 2.39. The van der Waals surface area contributed by atoms with Crippen LogP contribution in [0.15, 0.2) is 30.3 Å². The van der Waals surface area contributed by atoms with Crippen molar-refractivity contribution in [1.29, 1.82) is 0 Å². The van der Waals surface area contributed by atoms with Gasteiger partial charge >= 0.3 is 0 Å². The number of nitrogens with zero attached hydrogens (tertiary/aromatic N) is 2. The van der Waals surface area contributed by atoms with Crippen molar-refractivity contribution in [2.45, 2.75) is 63.1 Å². The van der Waals surface area contributed by atoms with Crippen molar-refractivity contribution in [1.82, 2.24) is 25.7 Å². The number of rotatable bonds is 5. The van der Waals surface area contributed by atoms with Crippen molar-refractivity contribution in [3.05, 3.63) is 41.6 Å². The van der Waals surface area contributed by atoms with E-state index < -0.39 is 5.54 Å². The van der Waals surface area contributed by atoms with Gasteiger partial charge in [0.2, 0.25) is 5.91 Å². The molecule has 0 bridgehead atoms. The number of carbonyl (C=O) groups excluding carboxylic acids is 2. The van der Waals surface area contributed by atoms with Gasteiger partial charge < -0.3 is 10.6 Å².